The first-order chi connectivity index (χ1) is 28.9. The van der Waals surface area contributed by atoms with E-state index in [9.17, 15) is 24.0 Å². The molecule has 3 rings (SSSR count). The van der Waals surface area contributed by atoms with E-state index < -0.39 is 35.7 Å². The van der Waals surface area contributed by atoms with E-state index in [-0.39, 0.29) is 50.2 Å². The lowest BCUT2D eigenvalue weighted by molar-refractivity contribution is -0.159. The fourth-order valence-corrected chi connectivity index (χ4v) is 7.53. The number of unbranched alkanes of at least 4 members (excludes halogenated alkanes) is 13. The van der Waals surface area contributed by atoms with Crippen molar-refractivity contribution in [2.75, 3.05) is 19.8 Å². The molecule has 0 spiro atoms. The minimum Gasteiger partial charge on any atom is -0.460 e. The molecule has 3 N–H and O–H groups in total. The summed E-state index contributed by atoms with van der Waals surface area (Å²) >= 11 is 0. The van der Waals surface area contributed by atoms with E-state index in [0.717, 1.165) is 41.5 Å². The number of benzene rings is 2. The van der Waals surface area contributed by atoms with Gasteiger partial charge in [-0.3, -0.25) is 9.59 Å². The van der Waals surface area contributed by atoms with E-state index in [4.69, 9.17) is 14.2 Å². The Bertz CT molecular complexity index is 1590. The van der Waals surface area contributed by atoms with Crippen LogP contribution in [0.25, 0.3) is 11.1 Å². The zero-order valence-electron chi connectivity index (χ0n) is 37.0. The Morgan fingerprint density at radius 2 is 1.20 bits per heavy atom. The van der Waals surface area contributed by atoms with Gasteiger partial charge in [-0.2, -0.15) is 0 Å². The molecule has 1 aliphatic rings. The number of alkyl carbamates (subject to hydrolysis) is 1. The molecule has 11 heteroatoms. The van der Waals surface area contributed by atoms with Crippen molar-refractivity contribution in [2.45, 2.75) is 173 Å². The Labute approximate surface area is 359 Å². The van der Waals surface area contributed by atoms with Gasteiger partial charge in [-0.15, -0.1) is 0 Å². The Morgan fingerprint density at radius 3 is 1.77 bits per heavy atom. The van der Waals surface area contributed by atoms with Crippen molar-refractivity contribution in [2.24, 2.45) is 0 Å². The van der Waals surface area contributed by atoms with Gasteiger partial charge in [0.05, 0.1) is 0 Å². The van der Waals surface area contributed by atoms with Gasteiger partial charge in [0.1, 0.15) is 30.9 Å². The second kappa shape index (κ2) is 28.0. The van der Waals surface area contributed by atoms with Crippen LogP contribution in [0.5, 0.6) is 0 Å². The van der Waals surface area contributed by atoms with Crippen LogP contribution in [0, 0.1) is 0 Å². The zero-order valence-corrected chi connectivity index (χ0v) is 37.0. The smallest absolute Gasteiger partial charge is 0.407 e. The monoisotopic (exact) mass is 832 g/mol. The van der Waals surface area contributed by atoms with E-state index >= 15 is 0 Å². The number of fused-ring (bicyclic) bond motifs is 3. The average Bonchev–Trinajstić information content (AvgIpc) is 3.54. The molecule has 1 aliphatic carbocycles. The molecular formula is C49H73N3O8. The van der Waals surface area contributed by atoms with E-state index in [1.165, 1.54) is 70.3 Å². The van der Waals surface area contributed by atoms with Crippen molar-refractivity contribution in [3.05, 3.63) is 72.3 Å². The summed E-state index contributed by atoms with van der Waals surface area (Å²) < 4.78 is 16.5. The third-order valence-corrected chi connectivity index (χ3v) is 10.7. The molecule has 2 atom stereocenters. The molecule has 3 amide bonds. The van der Waals surface area contributed by atoms with E-state index in [0.29, 0.717) is 25.8 Å². The SMILES string of the molecule is C=CCOC(=O)C(CCCCNC(=O)CCC(NC(=O)CCCCCCCCCCCCCCC)C(=O)OC(C)(C)C)NC(=O)OCC1c2ccccc2-c2ccccc21. The third-order valence-electron chi connectivity index (χ3n) is 10.7. The molecule has 0 saturated heterocycles. The molecule has 0 saturated carbocycles. The van der Waals surface area contributed by atoms with Gasteiger partial charge in [-0.1, -0.05) is 145 Å². The summed E-state index contributed by atoms with van der Waals surface area (Å²) in [6.07, 6.45) is 18.3. The zero-order chi connectivity index (χ0) is 43.6. The number of nitrogens with one attached hydrogen (secondary N) is 3. The van der Waals surface area contributed by atoms with E-state index in [2.05, 4.69) is 41.6 Å². The van der Waals surface area contributed by atoms with Gasteiger partial charge in [0.25, 0.3) is 0 Å². The average molecular weight is 832 g/mol. The van der Waals surface area contributed by atoms with E-state index in [1.54, 1.807) is 20.8 Å². The molecule has 60 heavy (non-hydrogen) atoms. The molecule has 11 nitrogen and oxygen atoms in total. The van der Waals surface area contributed by atoms with Crippen molar-refractivity contribution in [3.63, 3.8) is 0 Å². The maximum absolute atomic E-state index is 13.0. The second-order valence-corrected chi connectivity index (χ2v) is 17.0. The highest BCUT2D eigenvalue weighted by Crippen LogP contribution is 2.44. The number of esters is 2. The van der Waals surface area contributed by atoms with E-state index in [1.807, 2.05) is 36.4 Å². The molecule has 0 bridgehead atoms. The lowest BCUT2D eigenvalue weighted by atomic mass is 9.98. The van der Waals surface area contributed by atoms with Gasteiger partial charge in [-0.25, -0.2) is 14.4 Å². The first-order valence-electron chi connectivity index (χ1n) is 22.6. The highest BCUT2D eigenvalue weighted by molar-refractivity contribution is 5.85. The minimum absolute atomic E-state index is 0.00193. The first kappa shape index (κ1) is 49.7. The lowest BCUT2D eigenvalue weighted by Gasteiger charge is -2.24. The molecule has 0 aromatic heterocycles. The number of hydrogen-bond donors (Lipinski definition) is 3. The summed E-state index contributed by atoms with van der Waals surface area (Å²) in [5, 5.41) is 8.34. The van der Waals surface area contributed by atoms with Crippen LogP contribution in [-0.4, -0.2) is 67.3 Å². The summed E-state index contributed by atoms with van der Waals surface area (Å²) in [6, 6.07) is 14.2. The number of rotatable bonds is 30. The number of carbonyl (C=O) groups excluding carboxylic acids is 5. The molecule has 0 radical (unpaired) electrons. The van der Waals surface area contributed by atoms with Gasteiger partial charge in [0.2, 0.25) is 11.8 Å². The lowest BCUT2D eigenvalue weighted by Crippen LogP contribution is -2.44. The van der Waals surface area contributed by atoms with Crippen LogP contribution in [0.15, 0.2) is 61.2 Å². The fourth-order valence-electron chi connectivity index (χ4n) is 7.53. The van der Waals surface area contributed by atoms with Crippen LogP contribution in [0.3, 0.4) is 0 Å². The van der Waals surface area contributed by atoms with Gasteiger partial charge in [0, 0.05) is 25.3 Å². The molecule has 332 valence electrons. The van der Waals surface area contributed by atoms with Crippen LogP contribution in [0.1, 0.15) is 167 Å². The fraction of sp³-hybridized carbons (Fsp3) is 0.612. The molecule has 2 aromatic carbocycles. The molecule has 0 aliphatic heterocycles. The Balaban J connectivity index is 1.37. The van der Waals surface area contributed by atoms with Crippen LogP contribution in [0.2, 0.25) is 0 Å². The summed E-state index contributed by atoms with van der Waals surface area (Å²) in [7, 11) is 0. The highest BCUT2D eigenvalue weighted by atomic mass is 16.6. The summed E-state index contributed by atoms with van der Waals surface area (Å²) in [5.74, 6) is -1.78. The second-order valence-electron chi connectivity index (χ2n) is 17.0. The maximum Gasteiger partial charge on any atom is 0.407 e. The van der Waals surface area contributed by atoms with Crippen molar-refractivity contribution in [1.29, 1.82) is 0 Å². The standard InChI is InChI=1S/C49H73N3O8/c1-6-8-9-10-11-12-13-14-15-16-17-18-19-31-45(54)51-43(47(56)60-49(3,4)5)32-33-44(53)50-34-25-24-30-42(46(55)58-35-7-2)52-48(57)59-36-41-39-28-22-20-26-37(39)38-27-21-23-29-40(38)41/h7,20-23,26-29,41-43H,2,6,8-19,24-25,30-36H2,1,3-5H3,(H,50,53)(H,51,54)(H,52,57). The van der Waals surface area contributed by atoms with Crippen molar-refractivity contribution >= 4 is 29.8 Å². The van der Waals surface area contributed by atoms with Gasteiger partial charge < -0.3 is 30.2 Å². The normalized spacial score (nSPS) is 13.0. The molecule has 0 heterocycles. The summed E-state index contributed by atoms with van der Waals surface area (Å²) in [5.41, 5.74) is 3.66. The summed E-state index contributed by atoms with van der Waals surface area (Å²) in [4.78, 5) is 64.5. The molecule has 2 unspecified atom stereocenters. The highest BCUT2D eigenvalue weighted by Gasteiger charge is 2.30. The van der Waals surface area contributed by atoms with Gasteiger partial charge >= 0.3 is 18.0 Å². The first-order valence-corrected chi connectivity index (χ1v) is 22.6. The predicted octanol–water partition coefficient (Wildman–Crippen LogP) is 10.00. The van der Waals surface area contributed by atoms with Crippen LogP contribution in [0.4, 0.5) is 4.79 Å². The minimum atomic E-state index is -0.950. The largest absolute Gasteiger partial charge is 0.460 e. The van der Waals surface area contributed by atoms with Crippen molar-refractivity contribution in [1.82, 2.24) is 16.0 Å². The third kappa shape index (κ3) is 19.1. The Hall–Kier alpha value is -4.67. The summed E-state index contributed by atoms with van der Waals surface area (Å²) in [6.45, 7) is 11.6. The molecule has 0 fully saturated rings. The van der Waals surface area contributed by atoms with Gasteiger partial charge in [-0.05, 0) is 75.1 Å². The van der Waals surface area contributed by atoms with Crippen molar-refractivity contribution < 1.29 is 38.2 Å². The molecule has 2 aromatic rings. The maximum atomic E-state index is 13.0. The molecular weight excluding hydrogens is 759 g/mol. The topological polar surface area (TPSA) is 149 Å². The Kier molecular flexibility index (Phi) is 23.2. The van der Waals surface area contributed by atoms with Crippen LogP contribution >= 0.6 is 0 Å². The Morgan fingerprint density at radius 1 is 0.650 bits per heavy atom. The van der Waals surface area contributed by atoms with Crippen LogP contribution in [-0.2, 0) is 33.4 Å². The number of carbonyl (C=O) groups is 5. The number of amides is 3. The van der Waals surface area contributed by atoms with Crippen molar-refractivity contribution in [3.8, 4) is 11.1 Å². The van der Waals surface area contributed by atoms with Crippen LogP contribution < -0.4 is 16.0 Å². The predicted molar refractivity (Wildman–Crippen MR) is 237 cm³/mol. The quantitative estimate of drug-likeness (QED) is 0.0305. The number of hydrogen-bond acceptors (Lipinski definition) is 8. The number of ether oxygens (including phenoxy) is 3. The van der Waals surface area contributed by atoms with Gasteiger partial charge in [0.15, 0.2) is 0 Å².